The Morgan fingerprint density at radius 2 is 1.95 bits per heavy atom. The van der Waals surface area contributed by atoms with Crippen molar-refractivity contribution in [3.63, 3.8) is 0 Å². The molecule has 1 aliphatic carbocycles. The molecule has 1 aliphatic heterocycles. The molecule has 2 rings (SSSR count). The number of esters is 1. The van der Waals surface area contributed by atoms with Gasteiger partial charge in [-0.25, -0.2) is 0 Å². The molecule has 0 bridgehead atoms. The van der Waals surface area contributed by atoms with Gasteiger partial charge in [-0.05, 0) is 12.8 Å². The second-order valence-corrected chi connectivity index (χ2v) is 5.74. The SMILES string of the molecule is NC(=O)CNC(=O)COC(=O)[C@H]1CC(=O)N(C2CCCC2)C1. The van der Waals surface area contributed by atoms with Crippen LogP contribution in [0, 0.1) is 5.92 Å². The van der Waals surface area contributed by atoms with Crippen molar-refractivity contribution in [1.82, 2.24) is 10.2 Å². The van der Waals surface area contributed by atoms with Crippen molar-refractivity contribution in [1.29, 1.82) is 0 Å². The Kier molecular flexibility index (Phi) is 5.35. The maximum absolute atomic E-state index is 12.0. The second kappa shape index (κ2) is 7.24. The van der Waals surface area contributed by atoms with Crippen molar-refractivity contribution in [3.05, 3.63) is 0 Å². The van der Waals surface area contributed by atoms with Gasteiger partial charge in [-0.15, -0.1) is 0 Å². The van der Waals surface area contributed by atoms with E-state index in [-0.39, 0.29) is 24.9 Å². The van der Waals surface area contributed by atoms with Crippen LogP contribution < -0.4 is 11.1 Å². The van der Waals surface area contributed by atoms with Crippen LogP contribution in [-0.4, -0.2) is 54.3 Å². The maximum atomic E-state index is 12.0. The number of hydrogen-bond donors (Lipinski definition) is 2. The van der Waals surface area contributed by atoms with Gasteiger partial charge in [0.25, 0.3) is 5.91 Å². The highest BCUT2D eigenvalue weighted by Gasteiger charge is 2.39. The molecule has 122 valence electrons. The monoisotopic (exact) mass is 311 g/mol. The van der Waals surface area contributed by atoms with E-state index >= 15 is 0 Å². The lowest BCUT2D eigenvalue weighted by atomic mass is 10.1. The normalized spacial score (nSPS) is 21.9. The Morgan fingerprint density at radius 1 is 1.27 bits per heavy atom. The van der Waals surface area contributed by atoms with E-state index in [1.807, 2.05) is 0 Å². The first-order valence-electron chi connectivity index (χ1n) is 7.48. The quantitative estimate of drug-likeness (QED) is 0.605. The van der Waals surface area contributed by atoms with Crippen LogP contribution in [0.25, 0.3) is 0 Å². The van der Waals surface area contributed by atoms with E-state index in [2.05, 4.69) is 5.32 Å². The number of hydrogen-bond acceptors (Lipinski definition) is 5. The van der Waals surface area contributed by atoms with Gasteiger partial charge >= 0.3 is 5.97 Å². The molecule has 1 atom stereocenters. The van der Waals surface area contributed by atoms with E-state index in [9.17, 15) is 19.2 Å². The Hall–Kier alpha value is -2.12. The summed E-state index contributed by atoms with van der Waals surface area (Å²) in [6.45, 7) is -0.404. The number of carbonyl (C=O) groups excluding carboxylic acids is 4. The fourth-order valence-corrected chi connectivity index (χ4v) is 2.95. The highest BCUT2D eigenvalue weighted by Crippen LogP contribution is 2.29. The van der Waals surface area contributed by atoms with Crippen LogP contribution in [-0.2, 0) is 23.9 Å². The third-order valence-corrected chi connectivity index (χ3v) is 4.06. The van der Waals surface area contributed by atoms with Crippen molar-refractivity contribution < 1.29 is 23.9 Å². The van der Waals surface area contributed by atoms with Gasteiger partial charge in [-0.2, -0.15) is 0 Å². The average Bonchev–Trinajstić information content (AvgIpc) is 3.11. The molecule has 2 fully saturated rings. The zero-order valence-corrected chi connectivity index (χ0v) is 12.4. The van der Waals surface area contributed by atoms with Gasteiger partial charge in [0.2, 0.25) is 11.8 Å². The van der Waals surface area contributed by atoms with Crippen molar-refractivity contribution in [2.75, 3.05) is 19.7 Å². The first-order valence-corrected chi connectivity index (χ1v) is 7.48. The summed E-state index contributed by atoms with van der Waals surface area (Å²) in [5.74, 6) is -2.36. The summed E-state index contributed by atoms with van der Waals surface area (Å²) in [6, 6.07) is 0.240. The summed E-state index contributed by atoms with van der Waals surface area (Å²) in [5.41, 5.74) is 4.88. The van der Waals surface area contributed by atoms with E-state index < -0.39 is 30.3 Å². The number of nitrogens with two attached hydrogens (primary N) is 1. The smallest absolute Gasteiger partial charge is 0.311 e. The zero-order chi connectivity index (χ0) is 16.1. The molecule has 1 heterocycles. The van der Waals surface area contributed by atoms with Crippen LogP contribution in [0.1, 0.15) is 32.1 Å². The van der Waals surface area contributed by atoms with E-state index in [1.54, 1.807) is 4.90 Å². The van der Waals surface area contributed by atoms with Crippen LogP contribution in [0.2, 0.25) is 0 Å². The molecule has 8 heteroatoms. The number of nitrogens with zero attached hydrogens (tertiary/aromatic N) is 1. The molecule has 3 amide bonds. The minimum absolute atomic E-state index is 0.0213. The first-order chi connectivity index (χ1) is 10.5. The molecule has 22 heavy (non-hydrogen) atoms. The molecule has 2 aliphatic rings. The lowest BCUT2D eigenvalue weighted by Crippen LogP contribution is -2.37. The number of ether oxygens (including phenoxy) is 1. The average molecular weight is 311 g/mol. The molecule has 0 radical (unpaired) electrons. The number of primary amides is 1. The molecule has 8 nitrogen and oxygen atoms in total. The predicted molar refractivity (Wildman–Crippen MR) is 75.2 cm³/mol. The van der Waals surface area contributed by atoms with Crippen LogP contribution >= 0.6 is 0 Å². The van der Waals surface area contributed by atoms with E-state index in [4.69, 9.17) is 10.5 Å². The number of amides is 3. The predicted octanol–water partition coefficient (Wildman–Crippen LogP) is -1.08. The van der Waals surface area contributed by atoms with Gasteiger partial charge in [-0.3, -0.25) is 19.2 Å². The summed E-state index contributed by atoms with van der Waals surface area (Å²) in [7, 11) is 0. The van der Waals surface area contributed by atoms with Crippen LogP contribution in [0.15, 0.2) is 0 Å². The fourth-order valence-electron chi connectivity index (χ4n) is 2.95. The zero-order valence-electron chi connectivity index (χ0n) is 12.4. The van der Waals surface area contributed by atoms with Gasteiger partial charge in [-0.1, -0.05) is 12.8 Å². The second-order valence-electron chi connectivity index (χ2n) is 5.74. The van der Waals surface area contributed by atoms with Gasteiger partial charge in [0.05, 0.1) is 12.5 Å². The van der Waals surface area contributed by atoms with Crippen molar-refractivity contribution in [2.24, 2.45) is 11.7 Å². The Bertz CT molecular complexity index is 473. The molecule has 1 saturated carbocycles. The minimum atomic E-state index is -0.673. The van der Waals surface area contributed by atoms with Gasteiger partial charge < -0.3 is 20.7 Å². The summed E-state index contributed by atoms with van der Waals surface area (Å²) in [6.07, 6.45) is 4.34. The molecule has 0 spiro atoms. The molecular formula is C14H21N3O5. The minimum Gasteiger partial charge on any atom is -0.455 e. The molecule has 0 aromatic heterocycles. The lowest BCUT2D eigenvalue weighted by molar-refractivity contribution is -0.152. The largest absolute Gasteiger partial charge is 0.455 e. The summed E-state index contributed by atoms with van der Waals surface area (Å²) in [5, 5.41) is 2.22. The first kappa shape index (κ1) is 16.3. The molecule has 0 unspecified atom stereocenters. The van der Waals surface area contributed by atoms with Crippen molar-refractivity contribution >= 4 is 23.7 Å². The number of carbonyl (C=O) groups is 4. The Morgan fingerprint density at radius 3 is 2.59 bits per heavy atom. The fraction of sp³-hybridized carbons (Fsp3) is 0.714. The molecular weight excluding hydrogens is 290 g/mol. The van der Waals surface area contributed by atoms with Crippen molar-refractivity contribution in [2.45, 2.75) is 38.1 Å². The molecule has 3 N–H and O–H groups in total. The molecule has 1 saturated heterocycles. The summed E-state index contributed by atoms with van der Waals surface area (Å²) in [4.78, 5) is 47.5. The van der Waals surface area contributed by atoms with Crippen LogP contribution in [0.5, 0.6) is 0 Å². The number of likely N-dealkylation sites (tertiary alicyclic amines) is 1. The lowest BCUT2D eigenvalue weighted by Gasteiger charge is -2.23. The highest BCUT2D eigenvalue weighted by molar-refractivity contribution is 5.89. The van der Waals surface area contributed by atoms with Gasteiger partial charge in [0.1, 0.15) is 0 Å². The van der Waals surface area contributed by atoms with Crippen LogP contribution in [0.4, 0.5) is 0 Å². The third kappa shape index (κ3) is 4.19. The van der Waals surface area contributed by atoms with Crippen molar-refractivity contribution in [3.8, 4) is 0 Å². The molecule has 0 aromatic rings. The highest BCUT2D eigenvalue weighted by atomic mass is 16.5. The van der Waals surface area contributed by atoms with E-state index in [1.165, 1.54) is 0 Å². The Labute approximate surface area is 128 Å². The number of rotatable bonds is 6. The third-order valence-electron chi connectivity index (χ3n) is 4.06. The Balaban J connectivity index is 1.75. The van der Waals surface area contributed by atoms with Gasteiger partial charge in [0, 0.05) is 19.0 Å². The van der Waals surface area contributed by atoms with E-state index in [0.29, 0.717) is 6.54 Å². The molecule has 0 aromatic carbocycles. The summed E-state index contributed by atoms with van der Waals surface area (Å²) >= 11 is 0. The topological polar surface area (TPSA) is 119 Å². The summed E-state index contributed by atoms with van der Waals surface area (Å²) < 4.78 is 4.90. The van der Waals surface area contributed by atoms with Gasteiger partial charge in [0.15, 0.2) is 6.61 Å². The number of nitrogens with one attached hydrogen (secondary N) is 1. The standard InChI is InChI=1S/C14H21N3O5/c15-11(18)6-16-12(19)8-22-14(21)9-5-13(20)17(7-9)10-3-1-2-4-10/h9-10H,1-8H2,(H2,15,18)(H,16,19)/t9-/m0/s1. The van der Waals surface area contributed by atoms with Crippen LogP contribution in [0.3, 0.4) is 0 Å². The van der Waals surface area contributed by atoms with E-state index in [0.717, 1.165) is 25.7 Å². The maximum Gasteiger partial charge on any atom is 0.311 e.